The predicted molar refractivity (Wildman–Crippen MR) is 57.6 cm³/mol. The molecule has 7 nitrogen and oxygen atoms in total. The van der Waals surface area contributed by atoms with Crippen LogP contribution in [0.3, 0.4) is 0 Å². The molecule has 0 saturated carbocycles. The molecule has 1 amide bonds. The molecule has 4 N–H and O–H groups in total. The van der Waals surface area contributed by atoms with E-state index in [1.165, 1.54) is 0 Å². The van der Waals surface area contributed by atoms with Crippen molar-refractivity contribution in [1.29, 1.82) is 0 Å². The minimum Gasteiger partial charge on any atom is -0.418 e. The second-order valence-corrected chi connectivity index (χ2v) is 3.26. The Balaban J connectivity index is 4.56. The Morgan fingerprint density at radius 3 is 2.06 bits per heavy atom. The fourth-order valence-electron chi connectivity index (χ4n) is 0.789. The minimum atomic E-state index is -1.60. The SMILES string of the molecule is C=CC(=O)OC(=C)C(=O)NC(CO)(CO)CO. The van der Waals surface area contributed by atoms with Gasteiger partial charge in [0.2, 0.25) is 0 Å². The minimum absolute atomic E-state index is 0.533. The van der Waals surface area contributed by atoms with Crippen LogP contribution < -0.4 is 5.32 Å². The van der Waals surface area contributed by atoms with Crippen molar-refractivity contribution in [2.75, 3.05) is 19.8 Å². The maximum atomic E-state index is 11.4. The summed E-state index contributed by atoms with van der Waals surface area (Å²) in [7, 11) is 0. The lowest BCUT2D eigenvalue weighted by atomic mass is 10.0. The summed E-state index contributed by atoms with van der Waals surface area (Å²) in [4.78, 5) is 22.2. The van der Waals surface area contributed by atoms with Crippen LogP contribution in [0.15, 0.2) is 25.0 Å². The smallest absolute Gasteiger partial charge is 0.335 e. The number of aliphatic hydroxyl groups is 3. The van der Waals surface area contributed by atoms with Gasteiger partial charge in [-0.05, 0) is 0 Å². The van der Waals surface area contributed by atoms with Crippen LogP contribution in [0.5, 0.6) is 0 Å². The van der Waals surface area contributed by atoms with Crippen LogP contribution in [0.4, 0.5) is 0 Å². The summed E-state index contributed by atoms with van der Waals surface area (Å²) in [6.07, 6.45) is 0.843. The third kappa shape index (κ3) is 4.35. The first-order valence-electron chi connectivity index (χ1n) is 4.63. The zero-order valence-electron chi connectivity index (χ0n) is 9.18. The average Bonchev–Trinajstić information content (AvgIpc) is 2.35. The standard InChI is InChI=1S/C10H15NO6/c1-3-8(15)17-7(2)9(16)11-10(4-12,5-13)6-14/h3,12-14H,1-2,4-6H2,(H,11,16). The Morgan fingerprint density at radius 2 is 1.71 bits per heavy atom. The maximum Gasteiger partial charge on any atom is 0.335 e. The van der Waals surface area contributed by atoms with Gasteiger partial charge in [0.1, 0.15) is 5.54 Å². The number of carbonyl (C=O) groups is 2. The Bertz CT molecular complexity index is 312. The zero-order chi connectivity index (χ0) is 13.5. The molecule has 0 radical (unpaired) electrons. The predicted octanol–water partition coefficient (Wildman–Crippen LogP) is -1.94. The molecular weight excluding hydrogens is 230 g/mol. The second-order valence-electron chi connectivity index (χ2n) is 3.26. The first-order chi connectivity index (χ1) is 7.94. The Kier molecular flexibility index (Phi) is 6.11. The average molecular weight is 245 g/mol. The van der Waals surface area contributed by atoms with Gasteiger partial charge in [0, 0.05) is 6.08 Å². The molecule has 0 atom stereocenters. The fraction of sp³-hybridized carbons (Fsp3) is 0.400. The molecule has 17 heavy (non-hydrogen) atoms. The Hall–Kier alpha value is -1.70. The van der Waals surface area contributed by atoms with E-state index in [1.807, 2.05) is 0 Å². The first kappa shape index (κ1) is 15.3. The highest BCUT2D eigenvalue weighted by Crippen LogP contribution is 2.04. The van der Waals surface area contributed by atoms with Crippen LogP contribution in [0.1, 0.15) is 0 Å². The lowest BCUT2D eigenvalue weighted by Gasteiger charge is -2.28. The largest absolute Gasteiger partial charge is 0.418 e. The summed E-state index contributed by atoms with van der Waals surface area (Å²) in [6, 6.07) is 0. The summed E-state index contributed by atoms with van der Waals surface area (Å²) in [6.45, 7) is 4.25. The molecule has 0 rings (SSSR count). The third-order valence-electron chi connectivity index (χ3n) is 1.93. The molecule has 0 bridgehead atoms. The quantitative estimate of drug-likeness (QED) is 0.235. The van der Waals surface area contributed by atoms with Gasteiger partial charge in [-0.1, -0.05) is 13.2 Å². The van der Waals surface area contributed by atoms with E-state index >= 15 is 0 Å². The van der Waals surface area contributed by atoms with Gasteiger partial charge in [0.05, 0.1) is 19.8 Å². The van der Waals surface area contributed by atoms with Crippen molar-refractivity contribution in [3.05, 3.63) is 25.0 Å². The molecule has 0 aliphatic rings. The summed E-state index contributed by atoms with van der Waals surface area (Å²) in [5.74, 6) is -2.33. The van der Waals surface area contributed by atoms with Crippen molar-refractivity contribution in [2.45, 2.75) is 5.54 Å². The molecule has 0 aromatic rings. The number of nitrogens with one attached hydrogen (secondary N) is 1. The topological polar surface area (TPSA) is 116 Å². The zero-order valence-corrected chi connectivity index (χ0v) is 9.18. The number of ether oxygens (including phenoxy) is 1. The van der Waals surface area contributed by atoms with Crippen LogP contribution in [-0.2, 0) is 14.3 Å². The van der Waals surface area contributed by atoms with E-state index in [2.05, 4.69) is 23.2 Å². The van der Waals surface area contributed by atoms with Crippen molar-refractivity contribution in [2.24, 2.45) is 0 Å². The van der Waals surface area contributed by atoms with E-state index in [9.17, 15) is 9.59 Å². The molecule has 96 valence electrons. The van der Waals surface area contributed by atoms with Gasteiger partial charge in [0.15, 0.2) is 5.76 Å². The molecule has 0 saturated heterocycles. The number of carbonyl (C=O) groups excluding carboxylic acids is 2. The van der Waals surface area contributed by atoms with Crippen molar-refractivity contribution in [3.8, 4) is 0 Å². The highest BCUT2D eigenvalue weighted by Gasteiger charge is 2.31. The van der Waals surface area contributed by atoms with Gasteiger partial charge in [-0.15, -0.1) is 0 Å². The summed E-state index contributed by atoms with van der Waals surface area (Å²) < 4.78 is 4.43. The molecule has 7 heteroatoms. The fourth-order valence-corrected chi connectivity index (χ4v) is 0.789. The van der Waals surface area contributed by atoms with Crippen molar-refractivity contribution >= 4 is 11.9 Å². The molecule has 0 aliphatic heterocycles. The highest BCUT2D eigenvalue weighted by atomic mass is 16.5. The second kappa shape index (κ2) is 6.79. The van der Waals surface area contributed by atoms with Crippen LogP contribution >= 0.6 is 0 Å². The lowest BCUT2D eigenvalue weighted by Crippen LogP contribution is -2.57. The molecule has 0 aromatic carbocycles. The summed E-state index contributed by atoms with van der Waals surface area (Å²) >= 11 is 0. The van der Waals surface area contributed by atoms with Crippen LogP contribution in [0, 0.1) is 0 Å². The number of aliphatic hydroxyl groups excluding tert-OH is 3. The van der Waals surface area contributed by atoms with Crippen molar-refractivity contribution < 1.29 is 29.6 Å². The number of amides is 1. The molecule has 0 aromatic heterocycles. The van der Waals surface area contributed by atoms with E-state index in [-0.39, 0.29) is 0 Å². The van der Waals surface area contributed by atoms with Crippen LogP contribution in [0.2, 0.25) is 0 Å². The van der Waals surface area contributed by atoms with Crippen LogP contribution in [0.25, 0.3) is 0 Å². The van der Waals surface area contributed by atoms with E-state index in [1.54, 1.807) is 0 Å². The molecule has 0 spiro atoms. The van der Waals surface area contributed by atoms with E-state index < -0.39 is 43.0 Å². The molecule has 0 fully saturated rings. The number of hydrogen-bond donors (Lipinski definition) is 4. The Morgan fingerprint density at radius 1 is 1.24 bits per heavy atom. The number of esters is 1. The van der Waals surface area contributed by atoms with Crippen molar-refractivity contribution in [3.63, 3.8) is 0 Å². The van der Waals surface area contributed by atoms with Gasteiger partial charge >= 0.3 is 5.97 Å². The summed E-state index contributed by atoms with van der Waals surface area (Å²) in [5.41, 5.74) is -1.60. The van der Waals surface area contributed by atoms with Gasteiger partial charge in [-0.2, -0.15) is 0 Å². The first-order valence-corrected chi connectivity index (χ1v) is 4.63. The molecule has 0 unspecified atom stereocenters. The normalized spacial score (nSPS) is 10.5. The maximum absolute atomic E-state index is 11.4. The van der Waals surface area contributed by atoms with Gasteiger partial charge in [-0.3, -0.25) is 4.79 Å². The summed E-state index contributed by atoms with van der Waals surface area (Å²) in [5, 5.41) is 28.9. The van der Waals surface area contributed by atoms with Crippen LogP contribution in [-0.4, -0.2) is 52.6 Å². The monoisotopic (exact) mass is 245 g/mol. The molecule has 0 heterocycles. The van der Waals surface area contributed by atoms with Gasteiger partial charge in [0.25, 0.3) is 5.91 Å². The molecular formula is C10H15NO6. The Labute approximate surface area is 98.0 Å². The van der Waals surface area contributed by atoms with Gasteiger partial charge in [-0.25, -0.2) is 4.79 Å². The number of rotatable bonds is 7. The van der Waals surface area contributed by atoms with E-state index in [0.29, 0.717) is 0 Å². The van der Waals surface area contributed by atoms with Gasteiger partial charge < -0.3 is 25.4 Å². The van der Waals surface area contributed by atoms with Crippen molar-refractivity contribution in [1.82, 2.24) is 5.32 Å². The molecule has 0 aliphatic carbocycles. The number of hydrogen-bond acceptors (Lipinski definition) is 6. The lowest BCUT2D eigenvalue weighted by molar-refractivity contribution is -0.139. The van der Waals surface area contributed by atoms with E-state index in [4.69, 9.17) is 15.3 Å². The van der Waals surface area contributed by atoms with E-state index in [0.717, 1.165) is 6.08 Å². The third-order valence-corrected chi connectivity index (χ3v) is 1.93. The highest BCUT2D eigenvalue weighted by molar-refractivity contribution is 5.95.